The number of nitrogens with zero attached hydrogens (tertiary/aromatic N) is 2. The first-order valence-electron chi connectivity index (χ1n) is 6.92. The van der Waals surface area contributed by atoms with Crippen LogP contribution in [0.15, 0.2) is 6.07 Å². The fraction of sp³-hybridized carbons (Fsp3) is 0.714. The summed E-state index contributed by atoms with van der Waals surface area (Å²) in [7, 11) is 3.20. The summed E-state index contributed by atoms with van der Waals surface area (Å²) in [6.07, 6.45) is 4.18. The Morgan fingerprint density at radius 2 is 1.74 bits per heavy atom. The van der Waals surface area contributed by atoms with E-state index in [9.17, 15) is 0 Å². The van der Waals surface area contributed by atoms with Crippen LogP contribution in [0.3, 0.4) is 0 Å². The highest BCUT2D eigenvalue weighted by Crippen LogP contribution is 2.16. The van der Waals surface area contributed by atoms with Crippen LogP contribution in [0.25, 0.3) is 0 Å². The average molecular weight is 267 g/mol. The molecule has 1 unspecified atom stereocenters. The Hall–Kier alpha value is -1.36. The topological polar surface area (TPSA) is 56.3 Å². The van der Waals surface area contributed by atoms with E-state index in [-0.39, 0.29) is 0 Å². The first-order valence-corrected chi connectivity index (χ1v) is 6.92. The molecular weight excluding hydrogens is 242 g/mol. The van der Waals surface area contributed by atoms with E-state index in [2.05, 4.69) is 29.1 Å². The van der Waals surface area contributed by atoms with E-state index in [1.165, 1.54) is 0 Å². The molecular formula is C14H25N3O2. The minimum absolute atomic E-state index is 0.404. The van der Waals surface area contributed by atoms with Crippen LogP contribution in [0, 0.1) is 0 Å². The van der Waals surface area contributed by atoms with Gasteiger partial charge in [0, 0.05) is 12.5 Å². The van der Waals surface area contributed by atoms with Crippen molar-refractivity contribution in [2.24, 2.45) is 0 Å². The van der Waals surface area contributed by atoms with Gasteiger partial charge in [-0.05, 0) is 19.4 Å². The van der Waals surface area contributed by atoms with Crippen molar-refractivity contribution in [1.82, 2.24) is 15.3 Å². The van der Waals surface area contributed by atoms with Crippen molar-refractivity contribution in [1.29, 1.82) is 0 Å². The van der Waals surface area contributed by atoms with Crippen molar-refractivity contribution in [2.45, 2.75) is 45.6 Å². The minimum atomic E-state index is 0.404. The van der Waals surface area contributed by atoms with Crippen LogP contribution in [-0.2, 0) is 6.42 Å². The lowest BCUT2D eigenvalue weighted by Crippen LogP contribution is -2.32. The van der Waals surface area contributed by atoms with Crippen LogP contribution < -0.4 is 14.8 Å². The molecule has 0 aliphatic heterocycles. The molecule has 0 fully saturated rings. The van der Waals surface area contributed by atoms with Crippen molar-refractivity contribution in [2.75, 3.05) is 20.8 Å². The predicted molar refractivity (Wildman–Crippen MR) is 75.8 cm³/mol. The largest absolute Gasteiger partial charge is 0.481 e. The summed E-state index contributed by atoms with van der Waals surface area (Å²) >= 11 is 0. The van der Waals surface area contributed by atoms with E-state index in [4.69, 9.17) is 9.47 Å². The monoisotopic (exact) mass is 267 g/mol. The molecule has 0 saturated carbocycles. The molecule has 1 atom stereocenters. The highest BCUT2D eigenvalue weighted by Gasteiger charge is 2.12. The van der Waals surface area contributed by atoms with E-state index in [1.807, 2.05) is 0 Å². The summed E-state index contributed by atoms with van der Waals surface area (Å²) in [5.41, 5.74) is 0. The fourth-order valence-corrected chi connectivity index (χ4v) is 1.94. The van der Waals surface area contributed by atoms with E-state index in [0.717, 1.165) is 38.1 Å². The number of ether oxygens (including phenoxy) is 2. The lowest BCUT2D eigenvalue weighted by Gasteiger charge is -2.17. The molecule has 1 N–H and O–H groups in total. The lowest BCUT2D eigenvalue weighted by molar-refractivity contribution is 0.364. The maximum atomic E-state index is 5.17. The molecule has 5 nitrogen and oxygen atoms in total. The van der Waals surface area contributed by atoms with Gasteiger partial charge in [0.2, 0.25) is 11.8 Å². The molecule has 0 saturated heterocycles. The third-order valence-corrected chi connectivity index (χ3v) is 2.89. The van der Waals surface area contributed by atoms with Crippen LogP contribution in [-0.4, -0.2) is 36.8 Å². The molecule has 0 aliphatic rings. The van der Waals surface area contributed by atoms with Gasteiger partial charge >= 0.3 is 0 Å². The molecule has 0 spiro atoms. The van der Waals surface area contributed by atoms with Gasteiger partial charge in [0.1, 0.15) is 5.82 Å². The predicted octanol–water partition coefficient (Wildman–Crippen LogP) is 2.20. The van der Waals surface area contributed by atoms with Crippen LogP contribution in [0.2, 0.25) is 0 Å². The van der Waals surface area contributed by atoms with Crippen LogP contribution in [0.1, 0.15) is 38.9 Å². The van der Waals surface area contributed by atoms with Crippen molar-refractivity contribution in [3.05, 3.63) is 11.9 Å². The number of aromatic nitrogens is 2. The molecule has 0 aromatic carbocycles. The van der Waals surface area contributed by atoms with Crippen molar-refractivity contribution in [3.8, 4) is 11.8 Å². The zero-order chi connectivity index (χ0) is 14.1. The third-order valence-electron chi connectivity index (χ3n) is 2.89. The first kappa shape index (κ1) is 15.7. The number of methoxy groups -OCH3 is 2. The zero-order valence-electron chi connectivity index (χ0n) is 12.4. The molecule has 0 amide bonds. The van der Waals surface area contributed by atoms with Gasteiger partial charge in [-0.25, -0.2) is 0 Å². The molecule has 1 aromatic rings. The first-order chi connectivity index (χ1) is 9.23. The normalized spacial score (nSPS) is 12.2. The summed E-state index contributed by atoms with van der Waals surface area (Å²) in [4.78, 5) is 8.75. The van der Waals surface area contributed by atoms with Crippen LogP contribution >= 0.6 is 0 Å². The van der Waals surface area contributed by atoms with Gasteiger partial charge in [-0.1, -0.05) is 20.3 Å². The van der Waals surface area contributed by atoms with E-state index in [0.29, 0.717) is 17.8 Å². The number of hydrogen-bond acceptors (Lipinski definition) is 5. The summed E-state index contributed by atoms with van der Waals surface area (Å²) < 4.78 is 10.3. The van der Waals surface area contributed by atoms with Crippen LogP contribution in [0.5, 0.6) is 11.8 Å². The summed E-state index contributed by atoms with van der Waals surface area (Å²) in [5.74, 6) is 1.86. The smallest absolute Gasteiger partial charge is 0.220 e. The molecule has 0 aliphatic carbocycles. The maximum absolute atomic E-state index is 5.17. The quantitative estimate of drug-likeness (QED) is 0.743. The number of hydrogen-bond donors (Lipinski definition) is 1. The summed E-state index contributed by atoms with van der Waals surface area (Å²) in [6.45, 7) is 5.38. The van der Waals surface area contributed by atoms with Crippen LogP contribution in [0.4, 0.5) is 0 Å². The Labute approximate surface area is 115 Å². The Morgan fingerprint density at radius 3 is 2.21 bits per heavy atom. The number of nitrogens with one attached hydrogen (secondary N) is 1. The molecule has 1 rings (SSSR count). The SMILES string of the molecule is CCCNC(CCC)Cc1nc(OC)cc(OC)n1. The van der Waals surface area contributed by atoms with Crippen molar-refractivity contribution < 1.29 is 9.47 Å². The highest BCUT2D eigenvalue weighted by molar-refractivity contribution is 5.21. The Kier molecular flexibility index (Phi) is 7.18. The lowest BCUT2D eigenvalue weighted by atomic mass is 10.1. The molecule has 19 heavy (non-hydrogen) atoms. The van der Waals surface area contributed by atoms with Gasteiger partial charge in [0.05, 0.1) is 20.3 Å². The summed E-state index contributed by atoms with van der Waals surface area (Å²) in [6, 6.07) is 2.10. The van der Waals surface area contributed by atoms with Gasteiger partial charge in [0.15, 0.2) is 0 Å². The van der Waals surface area contributed by atoms with Gasteiger partial charge in [0.25, 0.3) is 0 Å². The van der Waals surface area contributed by atoms with E-state index < -0.39 is 0 Å². The maximum Gasteiger partial charge on any atom is 0.220 e. The van der Waals surface area contributed by atoms with Crippen molar-refractivity contribution in [3.63, 3.8) is 0 Å². The Balaban J connectivity index is 2.76. The van der Waals surface area contributed by atoms with Crippen molar-refractivity contribution >= 4 is 0 Å². The summed E-state index contributed by atoms with van der Waals surface area (Å²) in [5, 5.41) is 3.53. The minimum Gasteiger partial charge on any atom is -0.481 e. The second kappa shape index (κ2) is 8.69. The second-order valence-electron chi connectivity index (χ2n) is 4.51. The van der Waals surface area contributed by atoms with E-state index >= 15 is 0 Å². The Morgan fingerprint density at radius 1 is 1.11 bits per heavy atom. The number of rotatable bonds is 9. The molecule has 108 valence electrons. The standard InChI is InChI=1S/C14H25N3O2/c1-5-7-11(15-8-6-2)9-12-16-13(18-3)10-14(17-12)19-4/h10-11,15H,5-9H2,1-4H3. The second-order valence-corrected chi connectivity index (χ2v) is 4.51. The molecule has 5 heteroatoms. The fourth-order valence-electron chi connectivity index (χ4n) is 1.94. The van der Waals surface area contributed by atoms with Gasteiger partial charge < -0.3 is 14.8 Å². The molecule has 0 bridgehead atoms. The van der Waals surface area contributed by atoms with Gasteiger partial charge in [-0.3, -0.25) is 0 Å². The molecule has 1 aromatic heterocycles. The Bertz CT molecular complexity index is 349. The van der Waals surface area contributed by atoms with E-state index in [1.54, 1.807) is 20.3 Å². The highest BCUT2D eigenvalue weighted by atomic mass is 16.5. The molecule has 1 heterocycles. The molecule has 0 radical (unpaired) electrons. The van der Waals surface area contributed by atoms with Gasteiger partial charge in [-0.15, -0.1) is 0 Å². The van der Waals surface area contributed by atoms with Gasteiger partial charge in [-0.2, -0.15) is 9.97 Å². The average Bonchev–Trinajstić information content (AvgIpc) is 2.44. The zero-order valence-corrected chi connectivity index (χ0v) is 12.4. The third kappa shape index (κ3) is 5.42.